The number of carbonyl (C=O) groups is 1. The molecule has 0 radical (unpaired) electrons. The Labute approximate surface area is 95.2 Å². The van der Waals surface area contributed by atoms with Crippen LogP contribution in [0.4, 0.5) is 0 Å². The van der Waals surface area contributed by atoms with Crippen LogP contribution in [0.5, 0.6) is 0 Å². The average molecular weight is 225 g/mol. The van der Waals surface area contributed by atoms with Gasteiger partial charge in [0.05, 0.1) is 12.0 Å². The molecule has 2 aliphatic carbocycles. The Morgan fingerprint density at radius 1 is 1.12 bits per heavy atom. The van der Waals surface area contributed by atoms with Crippen LogP contribution in [0.2, 0.25) is 0 Å². The summed E-state index contributed by atoms with van der Waals surface area (Å²) in [7, 11) is 0. The summed E-state index contributed by atoms with van der Waals surface area (Å²) >= 11 is 0. The van der Waals surface area contributed by atoms with E-state index in [9.17, 15) is 9.90 Å². The van der Waals surface area contributed by atoms with Crippen molar-refractivity contribution >= 4 is 5.97 Å². The van der Waals surface area contributed by atoms with E-state index in [1.165, 1.54) is 0 Å². The molecule has 1 heterocycles. The van der Waals surface area contributed by atoms with Crippen LogP contribution in [-0.2, 0) is 4.79 Å². The van der Waals surface area contributed by atoms with Gasteiger partial charge in [0, 0.05) is 25.0 Å². The highest BCUT2D eigenvalue weighted by molar-refractivity contribution is 5.72. The summed E-state index contributed by atoms with van der Waals surface area (Å²) in [6, 6.07) is 0.246. The summed E-state index contributed by atoms with van der Waals surface area (Å²) in [5.41, 5.74) is 0. The fraction of sp³-hybridized carbons (Fsp3) is 0.917. The van der Waals surface area contributed by atoms with Crippen LogP contribution in [0.3, 0.4) is 0 Å². The van der Waals surface area contributed by atoms with E-state index in [1.54, 1.807) is 0 Å². The predicted octanol–water partition coefficient (Wildman–Crippen LogP) is 0.552. The molecule has 5 unspecified atom stereocenters. The molecule has 3 fully saturated rings. The van der Waals surface area contributed by atoms with Crippen LogP contribution < -0.4 is 0 Å². The average Bonchev–Trinajstić information content (AvgIpc) is 2.66. The van der Waals surface area contributed by atoms with E-state index in [0.29, 0.717) is 11.8 Å². The number of carboxylic acids is 1. The van der Waals surface area contributed by atoms with E-state index in [4.69, 9.17) is 5.11 Å². The lowest BCUT2D eigenvalue weighted by atomic mass is 9.78. The minimum atomic E-state index is -0.645. The highest BCUT2D eigenvalue weighted by Gasteiger charge is 2.48. The van der Waals surface area contributed by atoms with Crippen molar-refractivity contribution in [1.82, 2.24) is 4.90 Å². The number of carboxylic acid groups (broad SMARTS) is 1. The maximum atomic E-state index is 11.0. The highest BCUT2D eigenvalue weighted by atomic mass is 16.4. The third-order valence-electron chi connectivity index (χ3n) is 4.87. The zero-order valence-corrected chi connectivity index (χ0v) is 9.38. The molecular formula is C12H19NO3. The van der Waals surface area contributed by atoms with Crippen LogP contribution >= 0.6 is 0 Å². The van der Waals surface area contributed by atoms with Gasteiger partial charge in [-0.1, -0.05) is 0 Å². The van der Waals surface area contributed by atoms with Gasteiger partial charge >= 0.3 is 5.97 Å². The molecule has 0 spiro atoms. The van der Waals surface area contributed by atoms with Gasteiger partial charge in [0.1, 0.15) is 0 Å². The Bertz CT molecular complexity index is 307. The summed E-state index contributed by atoms with van der Waals surface area (Å²) < 4.78 is 0. The fourth-order valence-electron chi connectivity index (χ4n) is 3.75. The maximum absolute atomic E-state index is 11.0. The van der Waals surface area contributed by atoms with Crippen molar-refractivity contribution in [3.05, 3.63) is 0 Å². The number of rotatable bonds is 2. The molecule has 3 rings (SSSR count). The molecule has 1 aliphatic heterocycles. The minimum absolute atomic E-state index is 0.140. The molecule has 0 amide bonds. The monoisotopic (exact) mass is 225 g/mol. The molecule has 0 aromatic rings. The van der Waals surface area contributed by atoms with E-state index in [-0.39, 0.29) is 18.1 Å². The largest absolute Gasteiger partial charge is 0.481 e. The first-order valence-corrected chi connectivity index (χ1v) is 6.31. The molecule has 4 heteroatoms. The first kappa shape index (κ1) is 10.5. The van der Waals surface area contributed by atoms with Crippen LogP contribution in [0.1, 0.15) is 25.7 Å². The molecular weight excluding hydrogens is 206 g/mol. The van der Waals surface area contributed by atoms with Crippen molar-refractivity contribution in [2.24, 2.45) is 17.8 Å². The topological polar surface area (TPSA) is 60.8 Å². The van der Waals surface area contributed by atoms with Crippen molar-refractivity contribution in [2.75, 3.05) is 13.1 Å². The van der Waals surface area contributed by atoms with Gasteiger partial charge in [0.25, 0.3) is 0 Å². The molecule has 3 aliphatic rings. The lowest BCUT2D eigenvalue weighted by molar-refractivity contribution is -0.148. The van der Waals surface area contributed by atoms with E-state index in [1.807, 2.05) is 0 Å². The van der Waals surface area contributed by atoms with E-state index in [2.05, 4.69) is 4.90 Å². The Balaban J connectivity index is 1.64. The van der Waals surface area contributed by atoms with E-state index >= 15 is 0 Å². The Morgan fingerprint density at radius 2 is 1.94 bits per heavy atom. The smallest absolute Gasteiger partial charge is 0.308 e. The molecule has 4 nitrogen and oxygen atoms in total. The Hall–Kier alpha value is -0.610. The zero-order valence-electron chi connectivity index (χ0n) is 9.38. The van der Waals surface area contributed by atoms with E-state index in [0.717, 1.165) is 38.8 Å². The zero-order chi connectivity index (χ0) is 11.3. The van der Waals surface area contributed by atoms with Gasteiger partial charge in [0.2, 0.25) is 0 Å². The quantitative estimate of drug-likeness (QED) is 0.720. The SMILES string of the molecule is O=C(O)C1CCC1N1CC2CCC(O)C2C1. The third-order valence-corrected chi connectivity index (χ3v) is 4.87. The predicted molar refractivity (Wildman–Crippen MR) is 57.9 cm³/mol. The number of likely N-dealkylation sites (tertiary alicyclic amines) is 1. The van der Waals surface area contributed by atoms with Crippen molar-refractivity contribution in [1.29, 1.82) is 0 Å². The summed E-state index contributed by atoms with van der Waals surface area (Å²) in [5.74, 6) is 0.227. The first-order chi connectivity index (χ1) is 7.66. The normalized spacial score (nSPS) is 47.7. The van der Waals surface area contributed by atoms with Crippen LogP contribution in [0.25, 0.3) is 0 Å². The molecule has 0 aromatic carbocycles. The Morgan fingerprint density at radius 3 is 2.50 bits per heavy atom. The summed E-state index contributed by atoms with van der Waals surface area (Å²) in [6.45, 7) is 1.93. The molecule has 5 atom stereocenters. The van der Waals surface area contributed by atoms with Crippen molar-refractivity contribution < 1.29 is 15.0 Å². The lowest BCUT2D eigenvalue weighted by Crippen LogP contribution is -2.49. The van der Waals surface area contributed by atoms with Gasteiger partial charge in [-0.05, 0) is 31.6 Å². The molecule has 0 bridgehead atoms. The van der Waals surface area contributed by atoms with Crippen molar-refractivity contribution in [3.63, 3.8) is 0 Å². The number of hydrogen-bond acceptors (Lipinski definition) is 3. The van der Waals surface area contributed by atoms with Crippen LogP contribution in [0, 0.1) is 17.8 Å². The van der Waals surface area contributed by atoms with Gasteiger partial charge in [-0.15, -0.1) is 0 Å². The van der Waals surface area contributed by atoms with E-state index < -0.39 is 5.97 Å². The molecule has 0 aromatic heterocycles. The lowest BCUT2D eigenvalue weighted by Gasteiger charge is -2.40. The number of aliphatic carboxylic acids is 1. The molecule has 16 heavy (non-hydrogen) atoms. The Kier molecular flexibility index (Phi) is 2.44. The number of aliphatic hydroxyl groups is 1. The molecule has 1 saturated heterocycles. The minimum Gasteiger partial charge on any atom is -0.481 e. The van der Waals surface area contributed by atoms with Gasteiger partial charge in [0.15, 0.2) is 0 Å². The number of fused-ring (bicyclic) bond motifs is 1. The standard InChI is InChI=1S/C12H19NO3/c14-11-4-1-7-5-13(6-9(7)11)10-3-2-8(10)12(15)16/h7-11,14H,1-6H2,(H,15,16). The van der Waals surface area contributed by atoms with Crippen molar-refractivity contribution in [2.45, 2.75) is 37.8 Å². The summed E-state index contributed by atoms with van der Waals surface area (Å²) in [4.78, 5) is 13.3. The highest BCUT2D eigenvalue weighted by Crippen LogP contribution is 2.43. The second-order valence-electron chi connectivity index (χ2n) is 5.61. The fourth-order valence-corrected chi connectivity index (χ4v) is 3.75. The van der Waals surface area contributed by atoms with Crippen LogP contribution in [0.15, 0.2) is 0 Å². The van der Waals surface area contributed by atoms with Gasteiger partial charge in [-0.2, -0.15) is 0 Å². The first-order valence-electron chi connectivity index (χ1n) is 6.31. The van der Waals surface area contributed by atoms with Gasteiger partial charge in [-0.3, -0.25) is 9.69 Å². The number of aliphatic hydroxyl groups excluding tert-OH is 1. The van der Waals surface area contributed by atoms with Gasteiger partial charge < -0.3 is 10.2 Å². The summed E-state index contributed by atoms with van der Waals surface area (Å²) in [6.07, 6.45) is 3.77. The molecule has 2 N–H and O–H groups in total. The van der Waals surface area contributed by atoms with Crippen molar-refractivity contribution in [3.8, 4) is 0 Å². The number of hydrogen-bond donors (Lipinski definition) is 2. The summed E-state index contributed by atoms with van der Waals surface area (Å²) in [5, 5.41) is 18.9. The second-order valence-corrected chi connectivity index (χ2v) is 5.61. The van der Waals surface area contributed by atoms with Crippen LogP contribution in [-0.4, -0.2) is 46.3 Å². The van der Waals surface area contributed by atoms with Gasteiger partial charge in [-0.25, -0.2) is 0 Å². The third kappa shape index (κ3) is 1.47. The maximum Gasteiger partial charge on any atom is 0.308 e. The molecule has 90 valence electrons. The second kappa shape index (κ2) is 3.70. The number of nitrogens with zero attached hydrogens (tertiary/aromatic N) is 1. The molecule has 2 saturated carbocycles.